The Bertz CT molecular complexity index is 2560. The lowest BCUT2D eigenvalue weighted by Gasteiger charge is -2.40. The zero-order valence-corrected chi connectivity index (χ0v) is 37.6. The average Bonchev–Trinajstić information content (AvgIpc) is 3.28. The highest BCUT2D eigenvalue weighted by Crippen LogP contribution is 3.02. The van der Waals surface area contributed by atoms with E-state index in [2.05, 4.69) is 21.3 Å². The highest BCUT2D eigenvalue weighted by Gasteiger charge is 2.65. The summed E-state index contributed by atoms with van der Waals surface area (Å²) in [5.41, 5.74) is 20.0. The molecule has 5 amide bonds. The van der Waals surface area contributed by atoms with E-state index in [1.807, 2.05) is 6.07 Å². The van der Waals surface area contributed by atoms with Gasteiger partial charge in [0.25, 0.3) is 5.91 Å². The maximum atomic E-state index is 14.6. The van der Waals surface area contributed by atoms with Crippen molar-refractivity contribution in [1.82, 2.24) is 26.2 Å². The molecule has 22 heteroatoms. The Morgan fingerprint density at radius 3 is 2.03 bits per heavy atom. The second-order valence-corrected chi connectivity index (χ2v) is 18.1. The highest BCUT2D eigenvalue weighted by atomic mass is 32.5. The predicted molar refractivity (Wildman–Crippen MR) is 241 cm³/mol. The molecule has 1 aliphatic rings. The van der Waals surface area contributed by atoms with Gasteiger partial charge in [0.15, 0.2) is 0 Å². The molecule has 0 saturated carbocycles. The fourth-order valence-electron chi connectivity index (χ4n) is 7.37. The third kappa shape index (κ3) is 12.8. The van der Waals surface area contributed by atoms with Gasteiger partial charge in [0.1, 0.15) is 60.3 Å². The Kier molecular flexibility index (Phi) is 15.6. The number of rotatable bonds is 16. The van der Waals surface area contributed by atoms with Gasteiger partial charge < -0.3 is 52.8 Å². The van der Waals surface area contributed by atoms with Crippen molar-refractivity contribution in [2.24, 2.45) is 17.2 Å². The number of benzene rings is 4. The number of fused-ring (bicyclic) bond motifs is 5. The summed E-state index contributed by atoms with van der Waals surface area (Å²) in [7, 11) is -8.58. The van der Waals surface area contributed by atoms with E-state index in [-0.39, 0.29) is 68.9 Å². The van der Waals surface area contributed by atoms with Crippen molar-refractivity contribution >= 4 is 39.8 Å². The number of hydrogen-bond donors (Lipinski definition) is 7. The number of hydrogen-bond acceptors (Lipinski definition) is 11. The summed E-state index contributed by atoms with van der Waals surface area (Å²) in [5.74, 6) is -3.15. The van der Waals surface area contributed by atoms with Crippen molar-refractivity contribution in [3.8, 4) is 39.8 Å². The maximum Gasteiger partial charge on any atom is 0.310 e. The smallest absolute Gasteiger partial charge is 0.310 e. The third-order valence-electron chi connectivity index (χ3n) is 10.7. The Morgan fingerprint density at radius 1 is 0.836 bits per heavy atom. The molecule has 5 rings (SSSR count). The van der Waals surface area contributed by atoms with E-state index in [0.717, 1.165) is 17.0 Å². The lowest BCUT2D eigenvalue weighted by molar-refractivity contribution is -0.141. The molecular formula is C45H52F5N9O7S. The molecule has 4 unspecified atom stereocenters. The lowest BCUT2D eigenvalue weighted by atomic mass is 9.93. The van der Waals surface area contributed by atoms with Crippen LogP contribution in [0.3, 0.4) is 0 Å². The number of carbonyl (C=O) groups excluding carboxylic acids is 5. The minimum Gasteiger partial charge on any atom is -0.492 e. The Labute approximate surface area is 383 Å². The molecule has 1 aliphatic heterocycles. The quantitative estimate of drug-likeness (QED) is 0.0608. The number of halogens is 5. The molecule has 4 bridgehead atoms. The molecule has 360 valence electrons. The minimum absolute atomic E-state index is 0.0476. The Morgan fingerprint density at radius 2 is 1.45 bits per heavy atom. The second-order valence-electron chi connectivity index (χ2n) is 15.7. The fraction of sp³-hybridized carbons (Fsp3) is 0.333. The normalized spacial score (nSPS) is 17.7. The van der Waals surface area contributed by atoms with Crippen molar-refractivity contribution in [3.05, 3.63) is 101 Å². The first-order valence-electron chi connectivity index (χ1n) is 20.9. The van der Waals surface area contributed by atoms with E-state index in [0.29, 0.717) is 51.4 Å². The van der Waals surface area contributed by atoms with Crippen LogP contribution in [0.4, 0.5) is 19.4 Å². The minimum atomic E-state index is -9.90. The molecule has 0 saturated heterocycles. The molecule has 67 heavy (non-hydrogen) atoms. The van der Waals surface area contributed by atoms with Crippen LogP contribution < -0.4 is 47.9 Å². The number of aryl methyl sites for hydroxylation is 1. The van der Waals surface area contributed by atoms with Crippen LogP contribution in [-0.2, 0) is 25.6 Å². The zero-order chi connectivity index (χ0) is 49.3. The average molecular weight is 958 g/mol. The molecule has 4 atom stereocenters. The Hall–Kier alpha value is -6.80. The van der Waals surface area contributed by atoms with Gasteiger partial charge >= 0.3 is 10.2 Å². The monoisotopic (exact) mass is 957 g/mol. The van der Waals surface area contributed by atoms with Gasteiger partial charge in [-0.3, -0.25) is 24.0 Å². The van der Waals surface area contributed by atoms with E-state index in [1.165, 1.54) is 39.1 Å². The van der Waals surface area contributed by atoms with Crippen molar-refractivity contribution in [2.45, 2.75) is 55.8 Å². The van der Waals surface area contributed by atoms with Gasteiger partial charge in [0.05, 0.1) is 6.07 Å². The van der Waals surface area contributed by atoms with Gasteiger partial charge in [-0.25, -0.2) is 0 Å². The maximum absolute atomic E-state index is 14.6. The van der Waals surface area contributed by atoms with E-state index in [1.54, 1.807) is 36.4 Å². The van der Waals surface area contributed by atoms with Crippen molar-refractivity contribution in [2.75, 3.05) is 46.4 Å². The number of nitrogens with zero attached hydrogens (tertiary/aromatic N) is 2. The molecule has 0 aliphatic carbocycles. The van der Waals surface area contributed by atoms with Gasteiger partial charge in [0.2, 0.25) is 23.6 Å². The van der Waals surface area contributed by atoms with Crippen LogP contribution >= 0.6 is 10.2 Å². The van der Waals surface area contributed by atoms with Crippen LogP contribution in [0.2, 0.25) is 0 Å². The summed E-state index contributed by atoms with van der Waals surface area (Å²) >= 11 is 0. The predicted octanol–water partition coefficient (Wildman–Crippen LogP) is 4.49. The molecule has 1 heterocycles. The van der Waals surface area contributed by atoms with Crippen molar-refractivity contribution in [3.63, 3.8) is 0 Å². The molecule has 0 spiro atoms. The molecule has 10 N–H and O–H groups in total. The summed E-state index contributed by atoms with van der Waals surface area (Å²) in [6, 6.07) is 12.9. The molecule has 16 nitrogen and oxygen atoms in total. The van der Waals surface area contributed by atoms with Crippen LogP contribution in [0, 0.1) is 18.3 Å². The number of nitrogens with two attached hydrogens (primary N) is 3. The summed E-state index contributed by atoms with van der Waals surface area (Å²) < 4.78 is 78.7. The molecule has 0 fully saturated rings. The first kappa shape index (κ1) is 51.2. The molecule has 4 aromatic carbocycles. The van der Waals surface area contributed by atoms with Gasteiger partial charge in [-0.05, 0) is 97.1 Å². The van der Waals surface area contributed by atoms with Crippen LogP contribution in [0.5, 0.6) is 11.5 Å². The largest absolute Gasteiger partial charge is 0.492 e. The number of carbonyl (C=O) groups is 5. The van der Waals surface area contributed by atoms with Gasteiger partial charge in [0, 0.05) is 43.2 Å². The van der Waals surface area contributed by atoms with Crippen LogP contribution in [0.1, 0.15) is 46.4 Å². The topological polar surface area (TPSA) is 257 Å². The molecule has 0 radical (unpaired) electrons. The summed E-state index contributed by atoms with van der Waals surface area (Å²) in [5, 5.41) is 19.6. The van der Waals surface area contributed by atoms with E-state index in [9.17, 15) is 43.4 Å². The fourth-order valence-corrected chi connectivity index (χ4v) is 8.02. The molecular weight excluding hydrogens is 906 g/mol. The van der Waals surface area contributed by atoms with E-state index in [4.69, 9.17) is 31.9 Å². The van der Waals surface area contributed by atoms with Gasteiger partial charge in [-0.1, -0.05) is 55.8 Å². The highest BCUT2D eigenvalue weighted by molar-refractivity contribution is 8.45. The number of nitriles is 1. The van der Waals surface area contributed by atoms with Crippen LogP contribution in [-0.4, -0.2) is 99.0 Å². The van der Waals surface area contributed by atoms with E-state index >= 15 is 0 Å². The lowest BCUT2D eigenvalue weighted by Crippen LogP contribution is -2.56. The third-order valence-corrected chi connectivity index (χ3v) is 11.9. The molecule has 4 aromatic rings. The first-order chi connectivity index (χ1) is 31.5. The standard InChI is InChI=1S/C45H52F5N9O7S/c1-26-22-30(29-5-9-32(10-6-29)67(46,47,48,49)50)7-11-33(26)42(61)57-36(14-15-51)45(64)59(3)40-31-8-13-39(66-21-18-54)35(25-31)34-23-28(4-12-38(34)65-20-17-53)24-37(43(62)55-19-16-52)58-41(60)27(2)56-44(40)63/h4-13,22-23,25,27,36-37,40H,14-15,17-21,24,51,53-54H2,1-3H3,(H,55,62)(H,56,63)(H,57,61)(H,58,60). The van der Waals surface area contributed by atoms with E-state index < -0.39 is 68.8 Å². The molecule has 0 aromatic heterocycles. The first-order valence-corrected chi connectivity index (χ1v) is 22.9. The van der Waals surface area contributed by atoms with Crippen molar-refractivity contribution < 1.29 is 52.9 Å². The van der Waals surface area contributed by atoms with Gasteiger partial charge in [-0.2, -0.15) is 5.26 Å². The zero-order valence-electron chi connectivity index (χ0n) is 36.8. The summed E-state index contributed by atoms with van der Waals surface area (Å²) in [6.07, 6.45) is -0.160. The number of ether oxygens (including phenoxy) is 2. The van der Waals surface area contributed by atoms with Crippen molar-refractivity contribution in [1.29, 1.82) is 5.26 Å². The summed E-state index contributed by atoms with van der Waals surface area (Å²) in [6.45, 7) is 2.93. The number of likely N-dealkylation sites (N-methyl/N-ethyl adjacent to an activating group) is 1. The van der Waals surface area contributed by atoms with Crippen LogP contribution in [0.15, 0.2) is 83.8 Å². The number of amides is 5. The second kappa shape index (κ2) is 20.4. The van der Waals surface area contributed by atoms with Gasteiger partial charge in [-0.15, -0.1) is 0 Å². The summed E-state index contributed by atoms with van der Waals surface area (Å²) in [4.78, 5) is 68.9. The Balaban J connectivity index is 1.55. The SMILES string of the molecule is Cc1cc(-c2ccc(S(F)(F)(F)(F)F)cc2)ccc1C(=O)NC(CCN)C(=O)N(C)C1C(=O)NC(C)C(=O)NC(C(=O)NCC#N)Cc2ccc(OCCN)c(c2)-c2cc1ccc2OCCN. The van der Waals surface area contributed by atoms with Crippen LogP contribution in [0.25, 0.3) is 22.3 Å². The number of nitrogens with one attached hydrogen (secondary N) is 4.